The summed E-state index contributed by atoms with van der Waals surface area (Å²) in [6, 6.07) is 5.50. The fourth-order valence-corrected chi connectivity index (χ4v) is 3.25. The molecule has 2 rings (SSSR count). The third kappa shape index (κ3) is 2.59. The van der Waals surface area contributed by atoms with Crippen molar-refractivity contribution in [2.45, 2.75) is 6.04 Å². The number of halogens is 4. The maximum atomic E-state index is 14.0. The number of hydrogen-bond donors (Lipinski definition) is 1. The van der Waals surface area contributed by atoms with Crippen LogP contribution in [0.1, 0.15) is 16.5 Å². The van der Waals surface area contributed by atoms with Crippen molar-refractivity contribution in [1.82, 2.24) is 5.32 Å². The van der Waals surface area contributed by atoms with Gasteiger partial charge in [0.05, 0.1) is 14.9 Å². The number of thiophene rings is 1. The Morgan fingerprint density at radius 1 is 1.28 bits per heavy atom. The van der Waals surface area contributed by atoms with Crippen molar-refractivity contribution in [3.8, 4) is 0 Å². The lowest BCUT2D eigenvalue weighted by molar-refractivity contribution is 0.521. The van der Waals surface area contributed by atoms with Gasteiger partial charge in [-0.2, -0.15) is 0 Å². The lowest BCUT2D eigenvalue weighted by atomic mass is 10.0. The molecule has 1 nitrogen and oxygen atoms in total. The largest absolute Gasteiger partial charge is 0.308 e. The minimum atomic E-state index is -0.598. The van der Waals surface area contributed by atoms with Crippen molar-refractivity contribution in [1.29, 1.82) is 0 Å². The Bertz CT molecular complexity index is 573. The Kier molecular flexibility index (Phi) is 4.37. The second kappa shape index (κ2) is 5.65. The van der Waals surface area contributed by atoms with Crippen LogP contribution in [0.5, 0.6) is 0 Å². The standard InChI is InChI=1S/C12H9BrClF2NS/c1-17-12(8-4-5-9(14)18-8)10-7(15)3-2-6(13)11(10)16/h2-5,12,17H,1H3. The fourth-order valence-electron chi connectivity index (χ4n) is 1.72. The van der Waals surface area contributed by atoms with Gasteiger partial charge in [0.2, 0.25) is 0 Å². The molecule has 1 atom stereocenters. The average molecular weight is 353 g/mol. The maximum absolute atomic E-state index is 14.0. The monoisotopic (exact) mass is 351 g/mol. The molecule has 0 aliphatic carbocycles. The highest BCUT2D eigenvalue weighted by atomic mass is 79.9. The molecule has 0 aliphatic heterocycles. The molecule has 0 amide bonds. The second-order valence-corrected chi connectivity index (χ2v) is 6.22. The van der Waals surface area contributed by atoms with E-state index in [-0.39, 0.29) is 10.0 Å². The Labute approximate surface area is 121 Å². The smallest absolute Gasteiger partial charge is 0.145 e. The van der Waals surface area contributed by atoms with E-state index in [1.165, 1.54) is 23.5 Å². The summed E-state index contributed by atoms with van der Waals surface area (Å²) in [6.07, 6.45) is 0. The van der Waals surface area contributed by atoms with Gasteiger partial charge in [0.25, 0.3) is 0 Å². The Balaban J connectivity index is 2.55. The van der Waals surface area contributed by atoms with Crippen LogP contribution in [0.4, 0.5) is 8.78 Å². The lowest BCUT2D eigenvalue weighted by Gasteiger charge is -2.17. The van der Waals surface area contributed by atoms with Gasteiger partial charge in [-0.05, 0) is 47.2 Å². The van der Waals surface area contributed by atoms with E-state index in [2.05, 4.69) is 21.2 Å². The molecule has 1 unspecified atom stereocenters. The van der Waals surface area contributed by atoms with Gasteiger partial charge in [0.1, 0.15) is 11.6 Å². The topological polar surface area (TPSA) is 12.0 Å². The molecule has 0 spiro atoms. The first-order valence-electron chi connectivity index (χ1n) is 5.10. The van der Waals surface area contributed by atoms with Crippen molar-refractivity contribution in [2.75, 3.05) is 7.05 Å². The van der Waals surface area contributed by atoms with E-state index in [9.17, 15) is 8.78 Å². The van der Waals surface area contributed by atoms with Crippen molar-refractivity contribution in [2.24, 2.45) is 0 Å². The second-order valence-electron chi connectivity index (χ2n) is 3.62. The predicted octanol–water partition coefficient (Wildman–Crippen LogP) is 4.75. The van der Waals surface area contributed by atoms with E-state index in [0.29, 0.717) is 4.34 Å². The molecular formula is C12H9BrClF2NS. The number of nitrogens with one attached hydrogen (secondary N) is 1. The van der Waals surface area contributed by atoms with Gasteiger partial charge in [-0.3, -0.25) is 0 Å². The van der Waals surface area contributed by atoms with Gasteiger partial charge < -0.3 is 5.32 Å². The van der Waals surface area contributed by atoms with Crippen LogP contribution in [0.25, 0.3) is 0 Å². The molecule has 96 valence electrons. The van der Waals surface area contributed by atoms with E-state index in [4.69, 9.17) is 11.6 Å². The summed E-state index contributed by atoms with van der Waals surface area (Å²) in [5, 5.41) is 2.91. The molecule has 0 radical (unpaired) electrons. The van der Waals surface area contributed by atoms with Crippen LogP contribution in [-0.4, -0.2) is 7.05 Å². The summed E-state index contributed by atoms with van der Waals surface area (Å²) in [4.78, 5) is 0.762. The van der Waals surface area contributed by atoms with Crippen LogP contribution < -0.4 is 5.32 Å². The van der Waals surface area contributed by atoms with Crippen LogP contribution >= 0.6 is 38.9 Å². The van der Waals surface area contributed by atoms with Gasteiger partial charge >= 0.3 is 0 Å². The highest BCUT2D eigenvalue weighted by Gasteiger charge is 2.23. The molecular weight excluding hydrogens is 344 g/mol. The summed E-state index contributed by atoms with van der Waals surface area (Å²) in [6.45, 7) is 0. The van der Waals surface area contributed by atoms with Gasteiger partial charge in [0, 0.05) is 10.4 Å². The quantitative estimate of drug-likeness (QED) is 0.786. The third-order valence-electron chi connectivity index (χ3n) is 2.54. The first kappa shape index (κ1) is 13.9. The molecule has 2 aromatic rings. The van der Waals surface area contributed by atoms with Gasteiger partial charge in [0.15, 0.2) is 0 Å². The van der Waals surface area contributed by atoms with Crippen molar-refractivity contribution >= 4 is 38.9 Å². The molecule has 1 aromatic carbocycles. The summed E-state index contributed by atoms with van der Waals surface area (Å²) < 4.78 is 28.7. The van der Waals surface area contributed by atoms with E-state index in [1.807, 2.05) is 0 Å². The molecule has 1 N–H and O–H groups in total. The molecule has 1 heterocycles. The summed E-state index contributed by atoms with van der Waals surface area (Å²) in [5.41, 5.74) is -0.00890. The number of hydrogen-bond acceptors (Lipinski definition) is 2. The lowest BCUT2D eigenvalue weighted by Crippen LogP contribution is -2.19. The SMILES string of the molecule is CNC(c1ccc(Cl)s1)c1c(F)ccc(Br)c1F. The Morgan fingerprint density at radius 2 is 2.00 bits per heavy atom. The molecule has 0 fully saturated rings. The van der Waals surface area contributed by atoms with Gasteiger partial charge in [-0.15, -0.1) is 11.3 Å². The highest BCUT2D eigenvalue weighted by molar-refractivity contribution is 9.10. The zero-order chi connectivity index (χ0) is 13.3. The van der Waals surface area contributed by atoms with E-state index >= 15 is 0 Å². The van der Waals surface area contributed by atoms with Crippen molar-refractivity contribution in [3.63, 3.8) is 0 Å². The van der Waals surface area contributed by atoms with Crippen LogP contribution in [0, 0.1) is 11.6 Å². The average Bonchev–Trinajstić information content (AvgIpc) is 2.76. The molecule has 0 saturated heterocycles. The Morgan fingerprint density at radius 3 is 2.56 bits per heavy atom. The summed E-state index contributed by atoms with van der Waals surface area (Å²) >= 11 is 10.2. The predicted molar refractivity (Wildman–Crippen MR) is 74.3 cm³/mol. The number of benzene rings is 1. The normalized spacial score (nSPS) is 12.7. The zero-order valence-corrected chi connectivity index (χ0v) is 12.5. The van der Waals surface area contributed by atoms with Crippen molar-refractivity contribution < 1.29 is 8.78 Å². The van der Waals surface area contributed by atoms with E-state index in [1.54, 1.807) is 19.2 Å². The molecule has 18 heavy (non-hydrogen) atoms. The summed E-state index contributed by atoms with van der Waals surface area (Å²) in [7, 11) is 1.65. The molecule has 0 aliphatic rings. The van der Waals surface area contributed by atoms with Crippen molar-refractivity contribution in [3.05, 3.63) is 55.1 Å². The minimum Gasteiger partial charge on any atom is -0.308 e. The fraction of sp³-hybridized carbons (Fsp3) is 0.167. The zero-order valence-electron chi connectivity index (χ0n) is 9.31. The first-order valence-corrected chi connectivity index (χ1v) is 7.09. The maximum Gasteiger partial charge on any atom is 0.145 e. The summed E-state index contributed by atoms with van der Waals surface area (Å²) in [5.74, 6) is -1.18. The van der Waals surface area contributed by atoms with Crippen LogP contribution in [0.3, 0.4) is 0 Å². The van der Waals surface area contributed by atoms with E-state index < -0.39 is 17.7 Å². The van der Waals surface area contributed by atoms with Gasteiger partial charge in [-0.1, -0.05) is 11.6 Å². The van der Waals surface area contributed by atoms with Crippen LogP contribution in [0.15, 0.2) is 28.7 Å². The van der Waals surface area contributed by atoms with Gasteiger partial charge in [-0.25, -0.2) is 8.78 Å². The molecule has 0 bridgehead atoms. The first-order chi connectivity index (χ1) is 8.54. The third-order valence-corrected chi connectivity index (χ3v) is 4.44. The highest BCUT2D eigenvalue weighted by Crippen LogP contribution is 2.35. The van der Waals surface area contributed by atoms with E-state index in [0.717, 1.165) is 4.88 Å². The molecule has 1 aromatic heterocycles. The minimum absolute atomic E-state index is 0.00890. The molecule has 6 heteroatoms. The molecule has 0 saturated carbocycles. The Hall–Kier alpha value is -0.490. The van der Waals surface area contributed by atoms with Crippen LogP contribution in [0.2, 0.25) is 4.34 Å². The number of rotatable bonds is 3. The van der Waals surface area contributed by atoms with Crippen LogP contribution in [-0.2, 0) is 0 Å².